The van der Waals surface area contributed by atoms with Crippen LogP contribution in [0.25, 0.3) is 22.4 Å². The molecule has 0 atom stereocenters. The quantitative estimate of drug-likeness (QED) is 0.270. The third-order valence-electron chi connectivity index (χ3n) is 5.36. The molecule has 0 saturated heterocycles. The highest BCUT2D eigenvalue weighted by atomic mass is 32.2. The zero-order valence-electron chi connectivity index (χ0n) is 20.0. The molecular weight excluding hydrogens is 470 g/mol. The molecule has 0 aliphatic carbocycles. The Labute approximate surface area is 214 Å². The van der Waals surface area contributed by atoms with Crippen LogP contribution in [0.15, 0.2) is 90.0 Å². The number of hydrogen-bond acceptors (Lipinski definition) is 6. The van der Waals surface area contributed by atoms with Crippen molar-refractivity contribution in [1.82, 2.24) is 4.98 Å². The summed E-state index contributed by atoms with van der Waals surface area (Å²) in [6, 6.07) is 28.7. The van der Waals surface area contributed by atoms with Gasteiger partial charge in [-0.1, -0.05) is 54.2 Å². The summed E-state index contributed by atoms with van der Waals surface area (Å²) in [5, 5.41) is 13.4. The first kappa shape index (κ1) is 24.8. The Morgan fingerprint density at radius 2 is 1.67 bits per heavy atom. The lowest BCUT2D eigenvalue weighted by Gasteiger charge is -2.13. The molecule has 0 radical (unpaired) electrons. The van der Waals surface area contributed by atoms with Crippen molar-refractivity contribution in [2.45, 2.75) is 11.9 Å². The van der Waals surface area contributed by atoms with Crippen molar-refractivity contribution in [1.29, 1.82) is 5.26 Å². The second-order valence-electron chi connectivity index (χ2n) is 7.74. The first-order valence-electron chi connectivity index (χ1n) is 11.4. The standard InChI is InChI=1S/C29H25N3O3S/c1-3-35-24-15-11-22(12-16-24)31-28(33)19-36-29-26(18-30)25(20-9-13-23(34-2)14-10-20)17-27(32-29)21-7-5-4-6-8-21/h4-17H,3,19H2,1-2H3,(H,31,33). The van der Waals surface area contributed by atoms with Crippen LogP contribution in [0.2, 0.25) is 0 Å². The van der Waals surface area contributed by atoms with E-state index < -0.39 is 0 Å². The van der Waals surface area contributed by atoms with E-state index in [1.165, 1.54) is 11.8 Å². The van der Waals surface area contributed by atoms with Crippen molar-refractivity contribution < 1.29 is 14.3 Å². The number of pyridine rings is 1. The number of anilines is 1. The number of nitriles is 1. The molecule has 1 N–H and O–H groups in total. The molecule has 3 aromatic carbocycles. The van der Waals surface area contributed by atoms with Gasteiger partial charge in [0.1, 0.15) is 22.6 Å². The Bertz CT molecular complexity index is 1370. The van der Waals surface area contributed by atoms with E-state index >= 15 is 0 Å². The van der Waals surface area contributed by atoms with Crippen molar-refractivity contribution in [2.24, 2.45) is 0 Å². The van der Waals surface area contributed by atoms with Gasteiger partial charge in [-0.3, -0.25) is 4.79 Å². The van der Waals surface area contributed by atoms with Crippen molar-refractivity contribution in [3.05, 3.63) is 90.5 Å². The first-order chi connectivity index (χ1) is 17.6. The molecule has 7 heteroatoms. The third kappa shape index (κ3) is 6.04. The van der Waals surface area contributed by atoms with Gasteiger partial charge in [-0.05, 0) is 55.0 Å². The summed E-state index contributed by atoms with van der Waals surface area (Å²) in [5.74, 6) is 1.40. The number of amides is 1. The van der Waals surface area contributed by atoms with E-state index in [4.69, 9.17) is 14.5 Å². The zero-order chi connectivity index (χ0) is 25.3. The molecule has 4 rings (SSSR count). The van der Waals surface area contributed by atoms with Gasteiger partial charge in [0.15, 0.2) is 0 Å². The molecule has 0 bridgehead atoms. The fraction of sp³-hybridized carbons (Fsp3) is 0.138. The maximum absolute atomic E-state index is 12.7. The van der Waals surface area contributed by atoms with E-state index in [9.17, 15) is 10.1 Å². The molecular formula is C29H25N3O3S. The lowest BCUT2D eigenvalue weighted by molar-refractivity contribution is -0.113. The molecule has 0 spiro atoms. The van der Waals surface area contributed by atoms with Crippen LogP contribution in [0.4, 0.5) is 5.69 Å². The van der Waals surface area contributed by atoms with Gasteiger partial charge in [0.25, 0.3) is 0 Å². The maximum atomic E-state index is 12.7. The summed E-state index contributed by atoms with van der Waals surface area (Å²) < 4.78 is 10.7. The van der Waals surface area contributed by atoms with Crippen LogP contribution in [-0.4, -0.2) is 30.4 Å². The topological polar surface area (TPSA) is 84.2 Å². The summed E-state index contributed by atoms with van der Waals surface area (Å²) >= 11 is 1.24. The van der Waals surface area contributed by atoms with Gasteiger partial charge in [-0.15, -0.1) is 0 Å². The second kappa shape index (κ2) is 11.9. The van der Waals surface area contributed by atoms with Crippen LogP contribution in [0.5, 0.6) is 11.5 Å². The van der Waals surface area contributed by atoms with Gasteiger partial charge < -0.3 is 14.8 Å². The Morgan fingerprint density at radius 3 is 2.31 bits per heavy atom. The molecule has 1 aromatic heterocycles. The van der Waals surface area contributed by atoms with Gasteiger partial charge >= 0.3 is 0 Å². The largest absolute Gasteiger partial charge is 0.497 e. The zero-order valence-corrected chi connectivity index (χ0v) is 20.8. The minimum absolute atomic E-state index is 0.106. The number of benzene rings is 3. The lowest BCUT2D eigenvalue weighted by Crippen LogP contribution is -2.14. The molecule has 0 saturated carbocycles. The van der Waals surface area contributed by atoms with Crippen molar-refractivity contribution in [2.75, 3.05) is 24.8 Å². The van der Waals surface area contributed by atoms with E-state index in [2.05, 4.69) is 11.4 Å². The van der Waals surface area contributed by atoms with Crippen molar-refractivity contribution in [3.63, 3.8) is 0 Å². The lowest BCUT2D eigenvalue weighted by atomic mass is 9.99. The predicted octanol–water partition coefficient (Wildman–Crippen LogP) is 6.43. The number of nitrogens with zero attached hydrogens (tertiary/aromatic N) is 2. The average Bonchev–Trinajstić information content (AvgIpc) is 2.93. The minimum atomic E-state index is -0.189. The summed E-state index contributed by atoms with van der Waals surface area (Å²) in [7, 11) is 1.61. The summed E-state index contributed by atoms with van der Waals surface area (Å²) in [4.78, 5) is 17.5. The fourth-order valence-electron chi connectivity index (χ4n) is 3.62. The van der Waals surface area contributed by atoms with Crippen LogP contribution in [0.1, 0.15) is 12.5 Å². The van der Waals surface area contributed by atoms with Gasteiger partial charge in [0.05, 0.1) is 30.7 Å². The van der Waals surface area contributed by atoms with Crippen LogP contribution < -0.4 is 14.8 Å². The van der Waals surface area contributed by atoms with Crippen LogP contribution in [0, 0.1) is 11.3 Å². The highest BCUT2D eigenvalue weighted by Crippen LogP contribution is 2.35. The van der Waals surface area contributed by atoms with E-state index in [-0.39, 0.29) is 11.7 Å². The normalized spacial score (nSPS) is 10.4. The number of aromatic nitrogens is 1. The third-order valence-corrected chi connectivity index (χ3v) is 6.33. The molecule has 0 fully saturated rings. The Kier molecular flexibility index (Phi) is 8.22. The number of carbonyl (C=O) groups excluding carboxylic acids is 1. The molecule has 6 nitrogen and oxygen atoms in total. The molecule has 180 valence electrons. The molecule has 0 aliphatic heterocycles. The number of ether oxygens (including phenoxy) is 2. The Hall–Kier alpha value is -4.28. The summed E-state index contributed by atoms with van der Waals surface area (Å²) in [6.45, 7) is 2.50. The smallest absolute Gasteiger partial charge is 0.234 e. The monoisotopic (exact) mass is 495 g/mol. The van der Waals surface area contributed by atoms with Crippen molar-refractivity contribution in [3.8, 4) is 40.0 Å². The van der Waals surface area contributed by atoms with E-state index in [0.29, 0.717) is 22.9 Å². The predicted molar refractivity (Wildman–Crippen MR) is 143 cm³/mol. The SMILES string of the molecule is CCOc1ccc(NC(=O)CSc2nc(-c3ccccc3)cc(-c3ccc(OC)cc3)c2C#N)cc1. The number of hydrogen-bond donors (Lipinski definition) is 1. The molecule has 1 heterocycles. The molecule has 0 unspecified atom stereocenters. The van der Waals surface area contributed by atoms with Crippen molar-refractivity contribution >= 4 is 23.4 Å². The van der Waals surface area contributed by atoms with E-state index in [0.717, 1.165) is 33.9 Å². The van der Waals surface area contributed by atoms with E-state index in [1.807, 2.05) is 79.7 Å². The van der Waals surface area contributed by atoms with Gasteiger partial charge in [0, 0.05) is 16.8 Å². The first-order valence-corrected chi connectivity index (χ1v) is 12.4. The average molecular weight is 496 g/mol. The Balaban J connectivity index is 1.62. The van der Waals surface area contributed by atoms with Gasteiger partial charge in [-0.2, -0.15) is 5.26 Å². The summed E-state index contributed by atoms with van der Waals surface area (Å²) in [6.07, 6.45) is 0. The second-order valence-corrected chi connectivity index (χ2v) is 8.70. The number of carbonyl (C=O) groups is 1. The maximum Gasteiger partial charge on any atom is 0.234 e. The van der Waals surface area contributed by atoms with Crippen LogP contribution >= 0.6 is 11.8 Å². The van der Waals surface area contributed by atoms with Crippen LogP contribution in [-0.2, 0) is 4.79 Å². The Morgan fingerprint density at radius 1 is 0.972 bits per heavy atom. The highest BCUT2D eigenvalue weighted by molar-refractivity contribution is 8.00. The molecule has 36 heavy (non-hydrogen) atoms. The number of nitrogens with one attached hydrogen (secondary N) is 1. The highest BCUT2D eigenvalue weighted by Gasteiger charge is 2.17. The molecule has 1 amide bonds. The van der Waals surface area contributed by atoms with Gasteiger partial charge in [0.2, 0.25) is 5.91 Å². The number of methoxy groups -OCH3 is 1. The van der Waals surface area contributed by atoms with E-state index in [1.54, 1.807) is 19.2 Å². The minimum Gasteiger partial charge on any atom is -0.497 e. The van der Waals surface area contributed by atoms with Crippen LogP contribution in [0.3, 0.4) is 0 Å². The molecule has 4 aromatic rings. The number of rotatable bonds is 9. The fourth-order valence-corrected chi connectivity index (χ4v) is 4.42. The summed E-state index contributed by atoms with van der Waals surface area (Å²) in [5.41, 5.74) is 4.39. The van der Waals surface area contributed by atoms with Gasteiger partial charge in [-0.25, -0.2) is 4.98 Å². The number of thioether (sulfide) groups is 1. The molecule has 0 aliphatic rings.